The summed E-state index contributed by atoms with van der Waals surface area (Å²) in [5.74, 6) is 0.501. The van der Waals surface area contributed by atoms with E-state index < -0.39 is 0 Å². The van der Waals surface area contributed by atoms with Gasteiger partial charge in [0.15, 0.2) is 11.7 Å². The molecular formula is C18H23FN2O3. The maximum atomic E-state index is 13.7. The Bertz CT molecular complexity index is 670. The molecule has 6 heteroatoms. The first-order valence-corrected chi connectivity index (χ1v) is 8.10. The van der Waals surface area contributed by atoms with Gasteiger partial charge >= 0.3 is 0 Å². The molecule has 0 fully saturated rings. The van der Waals surface area contributed by atoms with Crippen molar-refractivity contribution in [3.63, 3.8) is 0 Å². The zero-order chi connectivity index (χ0) is 17.5. The first-order chi connectivity index (χ1) is 11.5. The number of amides is 1. The molecule has 0 bridgehead atoms. The number of hydrogen-bond acceptors (Lipinski definition) is 4. The fourth-order valence-electron chi connectivity index (χ4n) is 2.47. The largest absolute Gasteiger partial charge is 0.441 e. The minimum absolute atomic E-state index is 0.0990. The van der Waals surface area contributed by atoms with Crippen LogP contribution >= 0.6 is 0 Å². The lowest BCUT2D eigenvalue weighted by molar-refractivity contribution is -0.121. The summed E-state index contributed by atoms with van der Waals surface area (Å²) < 4.78 is 19.2. The van der Waals surface area contributed by atoms with Crippen LogP contribution in [0, 0.1) is 11.7 Å². The Hall–Kier alpha value is -2.21. The van der Waals surface area contributed by atoms with Gasteiger partial charge in [0.2, 0.25) is 5.91 Å². The molecule has 0 saturated carbocycles. The number of hydrogen-bond donors (Lipinski definition) is 2. The van der Waals surface area contributed by atoms with Crippen LogP contribution in [0.3, 0.4) is 0 Å². The molecule has 1 amide bonds. The number of carbonyl (C=O) groups is 1. The number of halogens is 1. The van der Waals surface area contributed by atoms with Crippen molar-refractivity contribution in [2.24, 2.45) is 5.92 Å². The van der Waals surface area contributed by atoms with E-state index in [2.05, 4.69) is 10.3 Å². The lowest BCUT2D eigenvalue weighted by Crippen LogP contribution is -2.29. The highest BCUT2D eigenvalue weighted by Gasteiger charge is 2.12. The maximum absolute atomic E-state index is 13.7. The lowest BCUT2D eigenvalue weighted by Gasteiger charge is -2.13. The molecule has 2 rings (SSSR count). The number of benzene rings is 1. The number of aliphatic hydroxyl groups is 1. The van der Waals surface area contributed by atoms with Gasteiger partial charge < -0.3 is 14.8 Å². The number of nitrogens with one attached hydrogen (secondary N) is 1. The van der Waals surface area contributed by atoms with Gasteiger partial charge in [0.25, 0.3) is 0 Å². The second-order valence-corrected chi connectivity index (χ2v) is 6.09. The van der Waals surface area contributed by atoms with Gasteiger partial charge in [-0.25, -0.2) is 9.37 Å². The molecule has 2 aromatic rings. The van der Waals surface area contributed by atoms with Gasteiger partial charge in [-0.3, -0.25) is 4.79 Å². The predicted octanol–water partition coefficient (Wildman–Crippen LogP) is 2.94. The van der Waals surface area contributed by atoms with E-state index in [0.29, 0.717) is 36.6 Å². The minimum Gasteiger partial charge on any atom is -0.441 e. The number of carbonyl (C=O) groups excluding carboxylic acids is 1. The first kappa shape index (κ1) is 18.1. The third kappa shape index (κ3) is 5.45. The summed E-state index contributed by atoms with van der Waals surface area (Å²) in [4.78, 5) is 15.9. The number of rotatable bonds is 8. The number of aromatic nitrogens is 1. The lowest BCUT2D eigenvalue weighted by atomic mass is 10.0. The Morgan fingerprint density at radius 1 is 1.38 bits per heavy atom. The molecule has 2 N–H and O–H groups in total. The number of aliphatic hydroxyl groups excluding tert-OH is 1. The normalized spacial score (nSPS) is 13.5. The predicted molar refractivity (Wildman–Crippen MR) is 88.7 cm³/mol. The average Bonchev–Trinajstić information content (AvgIpc) is 2.99. The Morgan fingerprint density at radius 3 is 2.83 bits per heavy atom. The van der Waals surface area contributed by atoms with Crippen molar-refractivity contribution >= 4 is 5.91 Å². The maximum Gasteiger partial charge on any atom is 0.220 e. The molecule has 130 valence electrons. The molecule has 0 aliphatic heterocycles. The van der Waals surface area contributed by atoms with Gasteiger partial charge in [0.1, 0.15) is 5.82 Å². The molecule has 1 aromatic heterocycles. The summed E-state index contributed by atoms with van der Waals surface area (Å²) in [5, 5.41) is 12.1. The smallest absolute Gasteiger partial charge is 0.220 e. The van der Waals surface area contributed by atoms with E-state index in [1.54, 1.807) is 25.1 Å². The molecule has 0 aliphatic carbocycles. The van der Waals surface area contributed by atoms with Crippen LogP contribution in [0.25, 0.3) is 11.3 Å². The van der Waals surface area contributed by atoms with E-state index in [0.717, 1.165) is 0 Å². The van der Waals surface area contributed by atoms with Crippen LogP contribution in [-0.2, 0) is 11.2 Å². The summed E-state index contributed by atoms with van der Waals surface area (Å²) in [5.41, 5.74) is 0.354. The zero-order valence-corrected chi connectivity index (χ0v) is 14.0. The zero-order valence-electron chi connectivity index (χ0n) is 14.0. The van der Waals surface area contributed by atoms with E-state index in [-0.39, 0.29) is 30.2 Å². The van der Waals surface area contributed by atoms with Crippen molar-refractivity contribution in [1.29, 1.82) is 0 Å². The Kier molecular flexibility index (Phi) is 6.49. The quantitative estimate of drug-likeness (QED) is 0.778. The SMILES string of the molecule is CC(O)CC(C)CNC(=O)CCc1ncc(-c2ccccc2F)o1. The molecule has 0 aliphatic rings. The third-order valence-electron chi connectivity index (χ3n) is 3.65. The Morgan fingerprint density at radius 2 is 2.12 bits per heavy atom. The molecule has 1 aromatic carbocycles. The molecule has 1 heterocycles. The average molecular weight is 334 g/mol. The van der Waals surface area contributed by atoms with Crippen LogP contribution in [0.4, 0.5) is 4.39 Å². The highest BCUT2D eigenvalue weighted by Crippen LogP contribution is 2.23. The van der Waals surface area contributed by atoms with E-state index in [4.69, 9.17) is 4.42 Å². The molecule has 5 nitrogen and oxygen atoms in total. The second-order valence-electron chi connectivity index (χ2n) is 6.09. The van der Waals surface area contributed by atoms with Gasteiger partial charge in [0, 0.05) is 19.4 Å². The topological polar surface area (TPSA) is 75.4 Å². The summed E-state index contributed by atoms with van der Waals surface area (Å²) in [6, 6.07) is 6.32. The van der Waals surface area contributed by atoms with Crippen LogP contribution < -0.4 is 5.32 Å². The highest BCUT2D eigenvalue weighted by atomic mass is 19.1. The van der Waals surface area contributed by atoms with Crippen molar-refractivity contribution in [1.82, 2.24) is 10.3 Å². The fourth-order valence-corrected chi connectivity index (χ4v) is 2.47. The minimum atomic E-state index is -0.374. The standard InChI is InChI=1S/C18H23FN2O3/c1-12(9-13(2)22)10-20-17(23)7-8-18-21-11-16(24-18)14-5-3-4-6-15(14)19/h3-6,11-13,22H,7-10H2,1-2H3,(H,20,23). The van der Waals surface area contributed by atoms with Crippen LogP contribution in [0.5, 0.6) is 0 Å². The second kappa shape index (κ2) is 8.59. The number of nitrogens with zero attached hydrogens (tertiary/aromatic N) is 1. The van der Waals surface area contributed by atoms with E-state index in [1.807, 2.05) is 6.92 Å². The van der Waals surface area contributed by atoms with Crippen molar-refractivity contribution in [3.05, 3.63) is 42.2 Å². The molecule has 0 saturated heterocycles. The van der Waals surface area contributed by atoms with E-state index >= 15 is 0 Å². The molecule has 2 atom stereocenters. The Balaban J connectivity index is 1.81. The summed E-state index contributed by atoms with van der Waals surface area (Å²) in [6.07, 6.45) is 2.34. The van der Waals surface area contributed by atoms with Crippen molar-refractivity contribution in [3.8, 4) is 11.3 Å². The van der Waals surface area contributed by atoms with Gasteiger partial charge in [-0.05, 0) is 31.4 Å². The molecule has 2 unspecified atom stereocenters. The molecule has 0 radical (unpaired) electrons. The van der Waals surface area contributed by atoms with Crippen LogP contribution in [-0.4, -0.2) is 28.6 Å². The molecule has 24 heavy (non-hydrogen) atoms. The van der Waals surface area contributed by atoms with E-state index in [1.165, 1.54) is 12.3 Å². The van der Waals surface area contributed by atoms with Gasteiger partial charge in [-0.15, -0.1) is 0 Å². The van der Waals surface area contributed by atoms with Crippen LogP contribution in [0.1, 0.15) is 32.6 Å². The van der Waals surface area contributed by atoms with Crippen molar-refractivity contribution in [2.45, 2.75) is 39.2 Å². The van der Waals surface area contributed by atoms with Crippen LogP contribution in [0.15, 0.2) is 34.9 Å². The monoisotopic (exact) mass is 334 g/mol. The van der Waals surface area contributed by atoms with Gasteiger partial charge in [0.05, 0.1) is 17.9 Å². The summed E-state index contributed by atoms with van der Waals surface area (Å²) >= 11 is 0. The van der Waals surface area contributed by atoms with Gasteiger partial charge in [-0.2, -0.15) is 0 Å². The summed E-state index contributed by atoms with van der Waals surface area (Å²) in [6.45, 7) is 4.23. The van der Waals surface area contributed by atoms with Crippen molar-refractivity contribution < 1.29 is 18.7 Å². The van der Waals surface area contributed by atoms with Crippen molar-refractivity contribution in [2.75, 3.05) is 6.54 Å². The van der Waals surface area contributed by atoms with E-state index in [9.17, 15) is 14.3 Å². The Labute approximate surface area is 140 Å². The summed E-state index contributed by atoms with van der Waals surface area (Å²) in [7, 11) is 0. The number of oxazole rings is 1. The third-order valence-corrected chi connectivity index (χ3v) is 3.65. The molecule has 0 spiro atoms. The highest BCUT2D eigenvalue weighted by molar-refractivity contribution is 5.76. The van der Waals surface area contributed by atoms with Gasteiger partial charge in [-0.1, -0.05) is 19.1 Å². The van der Waals surface area contributed by atoms with Crippen LogP contribution in [0.2, 0.25) is 0 Å². The fraction of sp³-hybridized carbons (Fsp3) is 0.444. The number of aryl methyl sites for hydroxylation is 1. The molecular weight excluding hydrogens is 311 g/mol. The first-order valence-electron chi connectivity index (χ1n) is 8.10.